The Bertz CT molecular complexity index is 666. The molecular formula is C16H13NO2. The van der Waals surface area contributed by atoms with E-state index in [-0.39, 0.29) is 5.78 Å². The molecule has 94 valence electrons. The number of carbonyl (C=O) groups excluding carboxylic acids is 1. The molecule has 4 rings (SSSR count). The van der Waals surface area contributed by atoms with Crippen LogP contribution >= 0.6 is 0 Å². The first-order chi connectivity index (χ1) is 9.25. The molecule has 0 spiro atoms. The van der Waals surface area contributed by atoms with Crippen molar-refractivity contribution in [3.8, 4) is 0 Å². The predicted octanol–water partition coefficient (Wildman–Crippen LogP) is 2.46. The van der Waals surface area contributed by atoms with E-state index in [0.29, 0.717) is 28.8 Å². The Morgan fingerprint density at radius 3 is 2.74 bits per heavy atom. The third kappa shape index (κ3) is 1.55. The Morgan fingerprint density at radius 2 is 1.95 bits per heavy atom. The van der Waals surface area contributed by atoms with Gasteiger partial charge in [-0.2, -0.15) is 0 Å². The molecule has 0 radical (unpaired) electrons. The van der Waals surface area contributed by atoms with Crippen LogP contribution in [0.15, 0.2) is 42.5 Å². The second-order valence-corrected chi connectivity index (χ2v) is 5.32. The van der Waals surface area contributed by atoms with E-state index in [4.69, 9.17) is 0 Å². The van der Waals surface area contributed by atoms with Crippen molar-refractivity contribution in [2.45, 2.75) is 18.4 Å². The summed E-state index contributed by atoms with van der Waals surface area (Å²) in [4.78, 5) is 16.7. The fourth-order valence-corrected chi connectivity index (χ4v) is 3.02. The van der Waals surface area contributed by atoms with Crippen molar-refractivity contribution >= 4 is 5.78 Å². The molecule has 1 aromatic carbocycles. The number of hydrogen-bond acceptors (Lipinski definition) is 3. The fraction of sp³-hybridized carbons (Fsp3) is 0.250. The minimum atomic E-state index is -0.483. The van der Waals surface area contributed by atoms with E-state index in [2.05, 4.69) is 4.98 Å². The molecule has 0 amide bonds. The number of ketones is 1. The highest BCUT2D eigenvalue weighted by atomic mass is 16.3. The van der Waals surface area contributed by atoms with E-state index in [9.17, 15) is 9.90 Å². The third-order valence-electron chi connectivity index (χ3n) is 4.15. The molecule has 0 saturated heterocycles. The van der Waals surface area contributed by atoms with Crippen molar-refractivity contribution in [3.63, 3.8) is 0 Å². The predicted molar refractivity (Wildman–Crippen MR) is 69.9 cm³/mol. The van der Waals surface area contributed by atoms with Gasteiger partial charge in [-0.25, -0.2) is 4.98 Å². The summed E-state index contributed by atoms with van der Waals surface area (Å²) in [5, 5.41) is 10.1. The maximum atomic E-state index is 12.3. The van der Waals surface area contributed by atoms with Crippen molar-refractivity contribution in [1.29, 1.82) is 0 Å². The Morgan fingerprint density at radius 1 is 1.16 bits per heavy atom. The molecule has 1 fully saturated rings. The van der Waals surface area contributed by atoms with E-state index in [0.717, 1.165) is 12.0 Å². The largest absolute Gasteiger partial charge is 0.386 e. The van der Waals surface area contributed by atoms with E-state index >= 15 is 0 Å². The molecule has 2 aliphatic rings. The maximum absolute atomic E-state index is 12.3. The summed E-state index contributed by atoms with van der Waals surface area (Å²) in [6.07, 6.45) is 0.575. The first-order valence-corrected chi connectivity index (χ1v) is 6.54. The lowest BCUT2D eigenvalue weighted by Gasteiger charge is -2.09. The van der Waals surface area contributed by atoms with Gasteiger partial charge in [-0.15, -0.1) is 0 Å². The fourth-order valence-electron chi connectivity index (χ4n) is 3.02. The van der Waals surface area contributed by atoms with E-state index < -0.39 is 6.10 Å². The van der Waals surface area contributed by atoms with Gasteiger partial charge in [0.05, 0.1) is 11.8 Å². The molecule has 1 heterocycles. The van der Waals surface area contributed by atoms with Gasteiger partial charge in [0, 0.05) is 5.56 Å². The number of nitrogens with zero attached hydrogens (tertiary/aromatic N) is 1. The van der Waals surface area contributed by atoms with Crippen LogP contribution in [-0.4, -0.2) is 15.9 Å². The number of fused-ring (bicyclic) bond motifs is 3. The molecule has 3 atom stereocenters. The quantitative estimate of drug-likeness (QED) is 0.834. The van der Waals surface area contributed by atoms with Crippen LogP contribution < -0.4 is 0 Å². The lowest BCUT2D eigenvalue weighted by atomic mass is 10.0. The molecule has 1 aromatic heterocycles. The summed E-state index contributed by atoms with van der Waals surface area (Å²) < 4.78 is 0. The standard InChI is InChI=1S/C16H13NO2/c18-15(9-4-2-1-3-5-9)13-7-6-10-11-8-12(11)16(19)14(10)17-13/h1-7,11-12,16,19H,8H2. The lowest BCUT2D eigenvalue weighted by Crippen LogP contribution is -2.08. The average Bonchev–Trinajstić information content (AvgIpc) is 3.21. The number of carbonyl (C=O) groups is 1. The van der Waals surface area contributed by atoms with E-state index in [1.54, 1.807) is 18.2 Å². The molecule has 3 heteroatoms. The van der Waals surface area contributed by atoms with Crippen LogP contribution in [0.4, 0.5) is 0 Å². The van der Waals surface area contributed by atoms with Crippen LogP contribution in [0, 0.1) is 5.92 Å². The Kier molecular flexibility index (Phi) is 2.15. The molecule has 2 aliphatic carbocycles. The van der Waals surface area contributed by atoms with Crippen molar-refractivity contribution < 1.29 is 9.90 Å². The second-order valence-electron chi connectivity index (χ2n) is 5.32. The Hall–Kier alpha value is -2.00. The molecule has 3 nitrogen and oxygen atoms in total. The highest BCUT2D eigenvalue weighted by molar-refractivity contribution is 6.07. The number of benzene rings is 1. The number of aliphatic hydroxyl groups excluding tert-OH is 1. The van der Waals surface area contributed by atoms with Crippen molar-refractivity contribution in [1.82, 2.24) is 4.98 Å². The summed E-state index contributed by atoms with van der Waals surface area (Å²) in [6.45, 7) is 0. The SMILES string of the molecule is O=C(c1ccccc1)c1ccc2c(n1)C(O)C1CC21. The summed E-state index contributed by atoms with van der Waals surface area (Å²) in [5.74, 6) is 0.721. The first kappa shape index (κ1) is 10.9. The maximum Gasteiger partial charge on any atom is 0.211 e. The summed E-state index contributed by atoms with van der Waals surface area (Å²) in [7, 11) is 0. The molecule has 19 heavy (non-hydrogen) atoms. The summed E-state index contributed by atoms with van der Waals surface area (Å²) in [6, 6.07) is 12.9. The van der Waals surface area contributed by atoms with Gasteiger partial charge in [0.2, 0.25) is 5.78 Å². The van der Waals surface area contributed by atoms with Gasteiger partial charge >= 0.3 is 0 Å². The lowest BCUT2D eigenvalue weighted by molar-refractivity contribution is 0.103. The summed E-state index contributed by atoms with van der Waals surface area (Å²) in [5.41, 5.74) is 2.89. The molecular weight excluding hydrogens is 238 g/mol. The third-order valence-corrected chi connectivity index (χ3v) is 4.15. The van der Waals surface area contributed by atoms with Crippen molar-refractivity contribution in [2.75, 3.05) is 0 Å². The topological polar surface area (TPSA) is 50.2 Å². The molecule has 2 aromatic rings. The first-order valence-electron chi connectivity index (χ1n) is 6.54. The number of aromatic nitrogens is 1. The Balaban J connectivity index is 1.74. The van der Waals surface area contributed by atoms with Gasteiger partial charge in [-0.3, -0.25) is 4.79 Å². The zero-order valence-electron chi connectivity index (χ0n) is 10.3. The van der Waals surface area contributed by atoms with Gasteiger partial charge in [0.15, 0.2) is 0 Å². The van der Waals surface area contributed by atoms with Crippen LogP contribution in [0.2, 0.25) is 0 Å². The molecule has 0 aliphatic heterocycles. The minimum absolute atomic E-state index is 0.0869. The second kappa shape index (κ2) is 3.75. The van der Waals surface area contributed by atoms with Gasteiger partial charge in [-0.05, 0) is 29.9 Å². The normalized spacial score (nSPS) is 26.7. The smallest absolute Gasteiger partial charge is 0.211 e. The number of aliphatic hydroxyl groups is 1. The highest BCUT2D eigenvalue weighted by Gasteiger charge is 2.52. The van der Waals surface area contributed by atoms with Crippen LogP contribution in [0.25, 0.3) is 0 Å². The molecule has 1 N–H and O–H groups in total. The number of pyridine rings is 1. The zero-order chi connectivity index (χ0) is 13.0. The van der Waals surface area contributed by atoms with Crippen LogP contribution in [0.1, 0.15) is 45.8 Å². The van der Waals surface area contributed by atoms with Crippen molar-refractivity contribution in [2.24, 2.45) is 5.92 Å². The van der Waals surface area contributed by atoms with E-state index in [1.165, 1.54) is 0 Å². The summed E-state index contributed by atoms with van der Waals surface area (Å²) >= 11 is 0. The molecule has 3 unspecified atom stereocenters. The van der Waals surface area contributed by atoms with Gasteiger partial charge in [0.1, 0.15) is 5.69 Å². The highest BCUT2D eigenvalue weighted by Crippen LogP contribution is 2.61. The minimum Gasteiger partial charge on any atom is -0.386 e. The molecule has 1 saturated carbocycles. The Labute approximate surface area is 110 Å². The van der Waals surface area contributed by atoms with Gasteiger partial charge < -0.3 is 5.11 Å². The van der Waals surface area contributed by atoms with E-state index in [1.807, 2.05) is 24.3 Å². The zero-order valence-corrected chi connectivity index (χ0v) is 10.3. The monoisotopic (exact) mass is 251 g/mol. The van der Waals surface area contributed by atoms with Crippen LogP contribution in [0.5, 0.6) is 0 Å². The molecule has 0 bridgehead atoms. The number of hydrogen-bond donors (Lipinski definition) is 1. The average molecular weight is 251 g/mol. The van der Waals surface area contributed by atoms with Crippen LogP contribution in [-0.2, 0) is 0 Å². The van der Waals surface area contributed by atoms with Gasteiger partial charge in [0.25, 0.3) is 0 Å². The van der Waals surface area contributed by atoms with Crippen molar-refractivity contribution in [3.05, 3.63) is 65.0 Å². The van der Waals surface area contributed by atoms with Gasteiger partial charge in [-0.1, -0.05) is 36.4 Å². The van der Waals surface area contributed by atoms with Crippen LogP contribution in [0.3, 0.4) is 0 Å². The number of rotatable bonds is 2.